The summed E-state index contributed by atoms with van der Waals surface area (Å²) in [6.07, 6.45) is 0. The lowest BCUT2D eigenvalue weighted by Gasteiger charge is -2.15. The average molecular weight is 283 g/mol. The molecule has 2 nitrogen and oxygen atoms in total. The summed E-state index contributed by atoms with van der Waals surface area (Å²) in [5.41, 5.74) is 5.00. The Bertz CT molecular complexity index is 573. The molecule has 0 bridgehead atoms. The number of rotatable bonds is 6. The van der Waals surface area contributed by atoms with Crippen molar-refractivity contribution in [3.05, 3.63) is 64.7 Å². The maximum absolute atomic E-state index is 6.05. The topological polar surface area (TPSA) is 21.3 Å². The molecule has 0 saturated carbocycles. The summed E-state index contributed by atoms with van der Waals surface area (Å²) in [7, 11) is 1.96. The Morgan fingerprint density at radius 1 is 1.00 bits per heavy atom. The molecule has 0 aliphatic heterocycles. The van der Waals surface area contributed by atoms with E-state index >= 15 is 0 Å². The van der Waals surface area contributed by atoms with E-state index in [2.05, 4.69) is 68.6 Å². The van der Waals surface area contributed by atoms with Crippen molar-refractivity contribution >= 4 is 0 Å². The first-order valence-electron chi connectivity index (χ1n) is 7.56. The van der Waals surface area contributed by atoms with Crippen LogP contribution in [-0.2, 0) is 13.2 Å². The number of hydrogen-bond acceptors (Lipinski definition) is 2. The fourth-order valence-electron chi connectivity index (χ4n) is 2.36. The second-order valence-corrected chi connectivity index (χ2v) is 5.83. The summed E-state index contributed by atoms with van der Waals surface area (Å²) in [5.74, 6) is 1.47. The van der Waals surface area contributed by atoms with Gasteiger partial charge in [0.15, 0.2) is 0 Å². The van der Waals surface area contributed by atoms with Gasteiger partial charge in [-0.25, -0.2) is 0 Å². The molecular formula is C19H25NO. The fourth-order valence-corrected chi connectivity index (χ4v) is 2.36. The molecule has 2 heteroatoms. The lowest BCUT2D eigenvalue weighted by Crippen LogP contribution is -2.05. The highest BCUT2D eigenvalue weighted by Gasteiger charge is 2.08. The van der Waals surface area contributed by atoms with E-state index in [-0.39, 0.29) is 0 Å². The van der Waals surface area contributed by atoms with Gasteiger partial charge < -0.3 is 10.1 Å². The first kappa shape index (κ1) is 15.6. The largest absolute Gasteiger partial charge is 0.489 e. The summed E-state index contributed by atoms with van der Waals surface area (Å²) in [6, 6.07) is 15.0. The predicted octanol–water partition coefficient (Wildman–Crippen LogP) is 4.42. The minimum atomic E-state index is 0.471. The van der Waals surface area contributed by atoms with E-state index in [1.54, 1.807) is 0 Å². The highest BCUT2D eigenvalue weighted by molar-refractivity contribution is 5.39. The Labute approximate surface area is 128 Å². The highest BCUT2D eigenvalue weighted by Crippen LogP contribution is 2.28. The van der Waals surface area contributed by atoms with Crippen LogP contribution >= 0.6 is 0 Å². The molecule has 0 atom stereocenters. The molecule has 1 N–H and O–H groups in total. The molecular weight excluding hydrogens is 258 g/mol. The Balaban J connectivity index is 2.07. The summed E-state index contributed by atoms with van der Waals surface area (Å²) < 4.78 is 6.05. The van der Waals surface area contributed by atoms with Crippen molar-refractivity contribution in [2.45, 2.75) is 39.8 Å². The molecule has 0 saturated heterocycles. The summed E-state index contributed by atoms with van der Waals surface area (Å²) >= 11 is 0. The van der Waals surface area contributed by atoms with Crippen LogP contribution in [0.1, 0.15) is 42.0 Å². The van der Waals surface area contributed by atoms with Crippen molar-refractivity contribution < 1.29 is 4.74 Å². The van der Waals surface area contributed by atoms with Gasteiger partial charge in [0, 0.05) is 6.54 Å². The lowest BCUT2D eigenvalue weighted by molar-refractivity contribution is 0.301. The van der Waals surface area contributed by atoms with E-state index in [1.807, 2.05) is 7.05 Å². The number of benzene rings is 2. The van der Waals surface area contributed by atoms with Crippen LogP contribution < -0.4 is 10.1 Å². The van der Waals surface area contributed by atoms with Crippen LogP contribution in [0.15, 0.2) is 42.5 Å². The van der Waals surface area contributed by atoms with Gasteiger partial charge >= 0.3 is 0 Å². The molecule has 21 heavy (non-hydrogen) atoms. The van der Waals surface area contributed by atoms with Gasteiger partial charge in [-0.05, 0) is 48.2 Å². The van der Waals surface area contributed by atoms with Gasteiger partial charge in [0.25, 0.3) is 0 Å². The summed E-state index contributed by atoms with van der Waals surface area (Å²) in [4.78, 5) is 0. The Hall–Kier alpha value is -1.80. The molecule has 2 aromatic carbocycles. The number of aryl methyl sites for hydroxylation is 1. The molecule has 2 rings (SSSR count). The van der Waals surface area contributed by atoms with E-state index in [0.717, 1.165) is 12.3 Å². The SMILES string of the molecule is CNCc1ccc(COc2cc(C)ccc2C(C)C)cc1. The van der Waals surface area contributed by atoms with Gasteiger partial charge in [-0.1, -0.05) is 50.2 Å². The maximum Gasteiger partial charge on any atom is 0.123 e. The Kier molecular flexibility index (Phi) is 5.40. The third-order valence-electron chi connectivity index (χ3n) is 3.59. The van der Waals surface area contributed by atoms with Crippen LogP contribution in [0.4, 0.5) is 0 Å². The first-order valence-corrected chi connectivity index (χ1v) is 7.56. The van der Waals surface area contributed by atoms with E-state index in [9.17, 15) is 0 Å². The smallest absolute Gasteiger partial charge is 0.123 e. The maximum atomic E-state index is 6.05. The van der Waals surface area contributed by atoms with Crippen molar-refractivity contribution in [2.75, 3.05) is 7.05 Å². The second kappa shape index (κ2) is 7.28. The third-order valence-corrected chi connectivity index (χ3v) is 3.59. The van der Waals surface area contributed by atoms with Crippen LogP contribution in [0.2, 0.25) is 0 Å². The van der Waals surface area contributed by atoms with Gasteiger partial charge in [0.05, 0.1) is 0 Å². The van der Waals surface area contributed by atoms with E-state index in [0.29, 0.717) is 12.5 Å². The highest BCUT2D eigenvalue weighted by atomic mass is 16.5. The van der Waals surface area contributed by atoms with Crippen LogP contribution in [0.5, 0.6) is 5.75 Å². The third kappa shape index (κ3) is 4.33. The molecule has 0 fully saturated rings. The normalized spacial score (nSPS) is 10.9. The zero-order valence-corrected chi connectivity index (χ0v) is 13.4. The molecule has 0 aliphatic carbocycles. The van der Waals surface area contributed by atoms with Crippen LogP contribution in [0.3, 0.4) is 0 Å². The standard InChI is InChI=1S/C19H25NO/c1-14(2)18-10-5-15(3)11-19(18)21-13-17-8-6-16(7-9-17)12-20-4/h5-11,14,20H,12-13H2,1-4H3. The monoisotopic (exact) mass is 283 g/mol. The lowest BCUT2D eigenvalue weighted by atomic mass is 10.0. The van der Waals surface area contributed by atoms with Crippen molar-refractivity contribution in [1.82, 2.24) is 5.32 Å². The fraction of sp³-hybridized carbons (Fsp3) is 0.368. The van der Waals surface area contributed by atoms with Crippen LogP contribution in [0.25, 0.3) is 0 Å². The Morgan fingerprint density at radius 2 is 1.67 bits per heavy atom. The summed E-state index contributed by atoms with van der Waals surface area (Å²) in [6.45, 7) is 8.01. The summed E-state index contributed by atoms with van der Waals surface area (Å²) in [5, 5.41) is 3.16. The number of nitrogens with one attached hydrogen (secondary N) is 1. The zero-order valence-electron chi connectivity index (χ0n) is 13.4. The van der Waals surface area contributed by atoms with Gasteiger partial charge in [-0.15, -0.1) is 0 Å². The Morgan fingerprint density at radius 3 is 2.29 bits per heavy atom. The van der Waals surface area contributed by atoms with Gasteiger partial charge in [0.1, 0.15) is 12.4 Å². The average Bonchev–Trinajstić information content (AvgIpc) is 2.46. The van der Waals surface area contributed by atoms with Gasteiger partial charge in [-0.3, -0.25) is 0 Å². The first-order chi connectivity index (χ1) is 10.1. The van der Waals surface area contributed by atoms with Crippen molar-refractivity contribution in [3.8, 4) is 5.75 Å². The number of ether oxygens (including phenoxy) is 1. The van der Waals surface area contributed by atoms with E-state index in [4.69, 9.17) is 4.74 Å². The molecule has 0 unspecified atom stereocenters. The quantitative estimate of drug-likeness (QED) is 0.847. The second-order valence-electron chi connectivity index (χ2n) is 5.83. The molecule has 2 aromatic rings. The molecule has 0 aromatic heterocycles. The zero-order chi connectivity index (χ0) is 15.2. The predicted molar refractivity (Wildman–Crippen MR) is 88.8 cm³/mol. The molecule has 112 valence electrons. The molecule has 0 radical (unpaired) electrons. The minimum absolute atomic E-state index is 0.471. The number of hydrogen-bond donors (Lipinski definition) is 1. The van der Waals surface area contributed by atoms with E-state index < -0.39 is 0 Å². The van der Waals surface area contributed by atoms with Crippen LogP contribution in [-0.4, -0.2) is 7.05 Å². The van der Waals surface area contributed by atoms with Crippen molar-refractivity contribution in [2.24, 2.45) is 0 Å². The van der Waals surface area contributed by atoms with E-state index in [1.165, 1.54) is 22.3 Å². The van der Waals surface area contributed by atoms with Crippen LogP contribution in [0, 0.1) is 6.92 Å². The molecule has 0 aliphatic rings. The van der Waals surface area contributed by atoms with Gasteiger partial charge in [-0.2, -0.15) is 0 Å². The minimum Gasteiger partial charge on any atom is -0.489 e. The molecule has 0 spiro atoms. The van der Waals surface area contributed by atoms with Crippen molar-refractivity contribution in [3.63, 3.8) is 0 Å². The van der Waals surface area contributed by atoms with Crippen molar-refractivity contribution in [1.29, 1.82) is 0 Å². The van der Waals surface area contributed by atoms with Gasteiger partial charge in [0.2, 0.25) is 0 Å². The molecule has 0 amide bonds. The molecule has 0 heterocycles.